The quantitative estimate of drug-likeness (QED) is 0.780. The zero-order valence-corrected chi connectivity index (χ0v) is 13.7. The Labute approximate surface area is 144 Å². The molecule has 0 aliphatic carbocycles. The van der Waals surface area contributed by atoms with Gasteiger partial charge < -0.3 is 10.1 Å². The van der Waals surface area contributed by atoms with Crippen LogP contribution in [0.4, 0.5) is 13.2 Å². The molecule has 1 N–H and O–H groups in total. The van der Waals surface area contributed by atoms with E-state index in [1.165, 1.54) is 0 Å². The number of nitrogens with one attached hydrogen (secondary N) is 1. The average Bonchev–Trinajstić information content (AvgIpc) is 2.59. The first-order valence-electron chi connectivity index (χ1n) is 7.95. The topological polar surface area (TPSA) is 38.3 Å². The Hall–Kier alpha value is -2.34. The van der Waals surface area contributed by atoms with Crippen molar-refractivity contribution in [2.24, 2.45) is 0 Å². The van der Waals surface area contributed by atoms with Crippen LogP contribution in [0.1, 0.15) is 23.1 Å². The Morgan fingerprint density at radius 3 is 2.20 bits per heavy atom. The number of carbonyl (C=O) groups excluding carboxylic acids is 1. The third kappa shape index (κ3) is 7.85. The number of amides is 1. The first-order chi connectivity index (χ1) is 11.9. The molecule has 0 heterocycles. The maximum absolute atomic E-state index is 12.0. The first-order valence-corrected chi connectivity index (χ1v) is 7.95. The number of hydrogen-bond acceptors (Lipinski definition) is 2. The zero-order valence-electron chi connectivity index (χ0n) is 13.7. The maximum Gasteiger partial charge on any atom is 0.411 e. The summed E-state index contributed by atoms with van der Waals surface area (Å²) in [5.74, 6) is -0.0403. The number of aryl methyl sites for hydroxylation is 1. The molecule has 0 spiro atoms. The smallest absolute Gasteiger partial charge is 0.367 e. The van der Waals surface area contributed by atoms with Gasteiger partial charge in [-0.15, -0.1) is 0 Å². The molecule has 3 nitrogen and oxygen atoms in total. The molecule has 0 unspecified atom stereocenters. The van der Waals surface area contributed by atoms with Crippen molar-refractivity contribution in [3.05, 3.63) is 71.3 Å². The van der Waals surface area contributed by atoms with E-state index in [2.05, 4.69) is 10.1 Å². The summed E-state index contributed by atoms with van der Waals surface area (Å²) in [5, 5.41) is 2.83. The Morgan fingerprint density at radius 1 is 0.920 bits per heavy atom. The van der Waals surface area contributed by atoms with Crippen LogP contribution in [-0.4, -0.2) is 18.7 Å². The summed E-state index contributed by atoms with van der Waals surface area (Å²) in [6.45, 7) is -0.966. The van der Waals surface area contributed by atoms with Gasteiger partial charge in [-0.05, 0) is 23.1 Å². The molecular formula is C19H20F3NO2. The highest BCUT2D eigenvalue weighted by atomic mass is 19.4. The lowest BCUT2D eigenvalue weighted by Gasteiger charge is -2.09. The van der Waals surface area contributed by atoms with Gasteiger partial charge in [0.25, 0.3) is 0 Å². The van der Waals surface area contributed by atoms with Crippen LogP contribution in [0.3, 0.4) is 0 Å². The molecule has 134 valence electrons. The van der Waals surface area contributed by atoms with E-state index in [1.807, 2.05) is 30.3 Å². The van der Waals surface area contributed by atoms with E-state index in [-0.39, 0.29) is 12.5 Å². The van der Waals surface area contributed by atoms with Gasteiger partial charge in [-0.1, -0.05) is 54.6 Å². The van der Waals surface area contributed by atoms with Crippen LogP contribution in [0.25, 0.3) is 0 Å². The SMILES string of the molecule is O=C(CCc1ccccc1)NCc1ccc(COCC(F)(F)F)cc1. The van der Waals surface area contributed by atoms with E-state index >= 15 is 0 Å². The van der Waals surface area contributed by atoms with Crippen molar-refractivity contribution in [1.29, 1.82) is 0 Å². The fourth-order valence-corrected chi connectivity index (χ4v) is 2.23. The predicted octanol–water partition coefficient (Wildman–Crippen LogP) is 4.01. The predicted molar refractivity (Wildman–Crippen MR) is 88.8 cm³/mol. The number of rotatable bonds is 8. The molecule has 0 aliphatic rings. The normalized spacial score (nSPS) is 11.3. The fourth-order valence-electron chi connectivity index (χ4n) is 2.23. The van der Waals surface area contributed by atoms with E-state index in [0.29, 0.717) is 24.9 Å². The summed E-state index contributed by atoms with van der Waals surface area (Å²) in [6.07, 6.45) is -3.22. The lowest BCUT2D eigenvalue weighted by molar-refractivity contribution is -0.176. The van der Waals surface area contributed by atoms with Gasteiger partial charge in [0.15, 0.2) is 0 Å². The monoisotopic (exact) mass is 351 g/mol. The molecule has 2 aromatic rings. The van der Waals surface area contributed by atoms with Crippen LogP contribution in [-0.2, 0) is 29.1 Å². The second-order valence-corrected chi connectivity index (χ2v) is 5.69. The molecule has 0 saturated carbocycles. The van der Waals surface area contributed by atoms with Gasteiger partial charge in [-0.3, -0.25) is 4.79 Å². The van der Waals surface area contributed by atoms with Gasteiger partial charge in [-0.2, -0.15) is 13.2 Å². The third-order valence-electron chi connectivity index (χ3n) is 3.53. The Balaban J connectivity index is 1.69. The molecule has 0 atom stereocenters. The summed E-state index contributed by atoms with van der Waals surface area (Å²) in [4.78, 5) is 11.9. The zero-order chi connectivity index (χ0) is 18.1. The molecule has 0 radical (unpaired) electrons. The third-order valence-corrected chi connectivity index (χ3v) is 3.53. The second kappa shape index (κ2) is 9.22. The van der Waals surface area contributed by atoms with Crippen molar-refractivity contribution < 1.29 is 22.7 Å². The van der Waals surface area contributed by atoms with Crippen molar-refractivity contribution in [2.75, 3.05) is 6.61 Å². The minimum Gasteiger partial charge on any atom is -0.367 e. The van der Waals surface area contributed by atoms with Crippen LogP contribution < -0.4 is 5.32 Å². The molecule has 0 saturated heterocycles. The van der Waals surface area contributed by atoms with Crippen molar-refractivity contribution in [2.45, 2.75) is 32.2 Å². The lowest BCUT2D eigenvalue weighted by Crippen LogP contribution is -2.23. The van der Waals surface area contributed by atoms with E-state index in [0.717, 1.165) is 11.1 Å². The summed E-state index contributed by atoms with van der Waals surface area (Å²) in [5.41, 5.74) is 2.65. The van der Waals surface area contributed by atoms with E-state index in [4.69, 9.17) is 0 Å². The van der Waals surface area contributed by atoms with Gasteiger partial charge in [0.05, 0.1) is 6.61 Å². The molecular weight excluding hydrogens is 331 g/mol. The molecule has 1 amide bonds. The van der Waals surface area contributed by atoms with Crippen LogP contribution >= 0.6 is 0 Å². The molecule has 0 aromatic heterocycles. The second-order valence-electron chi connectivity index (χ2n) is 5.69. The van der Waals surface area contributed by atoms with E-state index < -0.39 is 12.8 Å². The number of alkyl halides is 3. The van der Waals surface area contributed by atoms with Crippen LogP contribution in [0.2, 0.25) is 0 Å². The highest BCUT2D eigenvalue weighted by Crippen LogP contribution is 2.15. The molecule has 6 heteroatoms. The van der Waals surface area contributed by atoms with Gasteiger partial charge in [0, 0.05) is 13.0 Å². The molecule has 0 aliphatic heterocycles. The molecule has 25 heavy (non-hydrogen) atoms. The number of benzene rings is 2. The van der Waals surface area contributed by atoms with Crippen LogP contribution in [0.15, 0.2) is 54.6 Å². The van der Waals surface area contributed by atoms with Crippen molar-refractivity contribution in [3.63, 3.8) is 0 Å². The average molecular weight is 351 g/mol. The lowest BCUT2D eigenvalue weighted by atomic mass is 10.1. The van der Waals surface area contributed by atoms with Gasteiger partial charge in [0.2, 0.25) is 5.91 Å². The van der Waals surface area contributed by atoms with Crippen molar-refractivity contribution >= 4 is 5.91 Å². The Kier molecular flexibility index (Phi) is 7.01. The summed E-state index contributed by atoms with van der Waals surface area (Å²) in [6, 6.07) is 16.7. The van der Waals surface area contributed by atoms with Crippen molar-refractivity contribution in [1.82, 2.24) is 5.32 Å². The van der Waals surface area contributed by atoms with Crippen LogP contribution in [0, 0.1) is 0 Å². The van der Waals surface area contributed by atoms with E-state index in [9.17, 15) is 18.0 Å². The van der Waals surface area contributed by atoms with Crippen molar-refractivity contribution in [3.8, 4) is 0 Å². The number of ether oxygens (including phenoxy) is 1. The first kappa shape index (κ1) is 19.0. The number of hydrogen-bond donors (Lipinski definition) is 1. The van der Waals surface area contributed by atoms with Crippen LogP contribution in [0.5, 0.6) is 0 Å². The fraction of sp³-hybridized carbons (Fsp3) is 0.316. The Bertz CT molecular complexity index is 655. The minimum absolute atomic E-state index is 0.0403. The molecule has 2 rings (SSSR count). The highest BCUT2D eigenvalue weighted by Gasteiger charge is 2.27. The number of halogens is 3. The molecule has 0 fully saturated rings. The number of carbonyl (C=O) groups is 1. The van der Waals surface area contributed by atoms with Gasteiger partial charge in [0.1, 0.15) is 6.61 Å². The van der Waals surface area contributed by atoms with Gasteiger partial charge in [-0.25, -0.2) is 0 Å². The molecule has 0 bridgehead atoms. The summed E-state index contributed by atoms with van der Waals surface area (Å²) >= 11 is 0. The summed E-state index contributed by atoms with van der Waals surface area (Å²) < 4.78 is 40.6. The minimum atomic E-state index is -4.32. The maximum atomic E-state index is 12.0. The standard InChI is InChI=1S/C19H20F3NO2/c20-19(21,22)14-25-13-17-8-6-16(7-9-17)12-23-18(24)11-10-15-4-2-1-3-5-15/h1-9H,10-14H2,(H,23,24). The molecule has 2 aromatic carbocycles. The van der Waals surface area contributed by atoms with E-state index in [1.54, 1.807) is 24.3 Å². The summed E-state index contributed by atoms with van der Waals surface area (Å²) in [7, 11) is 0. The highest BCUT2D eigenvalue weighted by molar-refractivity contribution is 5.76. The van der Waals surface area contributed by atoms with Gasteiger partial charge >= 0.3 is 6.18 Å². The largest absolute Gasteiger partial charge is 0.411 e. The Morgan fingerprint density at radius 2 is 1.56 bits per heavy atom.